The summed E-state index contributed by atoms with van der Waals surface area (Å²) in [6, 6.07) is 1.25. The summed E-state index contributed by atoms with van der Waals surface area (Å²) < 4.78 is 1.23. The van der Waals surface area contributed by atoms with E-state index < -0.39 is 10.5 Å². The van der Waals surface area contributed by atoms with E-state index >= 15 is 0 Å². The first-order valence-corrected chi connectivity index (χ1v) is 6.13. The summed E-state index contributed by atoms with van der Waals surface area (Å²) in [6.45, 7) is 4.25. The molecule has 0 saturated carbocycles. The van der Waals surface area contributed by atoms with Crippen LogP contribution in [0.5, 0.6) is 0 Å². The van der Waals surface area contributed by atoms with Gasteiger partial charge < -0.3 is 21.2 Å². The maximum absolute atomic E-state index is 11.7. The number of amides is 1. The highest BCUT2D eigenvalue weighted by atomic mass is 16.6. The second kappa shape index (κ2) is 6.28. The van der Waals surface area contributed by atoms with Crippen molar-refractivity contribution in [1.82, 2.24) is 15.1 Å². The molecule has 8 nitrogen and oxygen atoms in total. The van der Waals surface area contributed by atoms with E-state index in [2.05, 4.69) is 10.4 Å². The van der Waals surface area contributed by atoms with E-state index in [1.54, 1.807) is 0 Å². The second-order valence-electron chi connectivity index (χ2n) is 4.47. The summed E-state index contributed by atoms with van der Waals surface area (Å²) in [7, 11) is 0. The van der Waals surface area contributed by atoms with Gasteiger partial charge in [-0.15, -0.1) is 0 Å². The monoisotopic (exact) mass is 269 g/mol. The van der Waals surface area contributed by atoms with Crippen LogP contribution < -0.4 is 11.1 Å². The molecule has 0 radical (unpaired) electrons. The number of aromatic nitrogens is 2. The van der Waals surface area contributed by atoms with Gasteiger partial charge in [0.05, 0.1) is 17.4 Å². The van der Waals surface area contributed by atoms with Gasteiger partial charge in [0.15, 0.2) is 0 Å². The van der Waals surface area contributed by atoms with E-state index in [-0.39, 0.29) is 18.3 Å². The molecule has 19 heavy (non-hydrogen) atoms. The molecule has 0 bridgehead atoms. The van der Waals surface area contributed by atoms with Crippen molar-refractivity contribution in [2.45, 2.75) is 38.8 Å². The maximum atomic E-state index is 11.7. The van der Waals surface area contributed by atoms with Crippen molar-refractivity contribution in [3.8, 4) is 0 Å². The quantitative estimate of drug-likeness (QED) is 0.550. The molecule has 106 valence electrons. The van der Waals surface area contributed by atoms with E-state index in [0.29, 0.717) is 6.54 Å². The first-order chi connectivity index (χ1) is 8.90. The third-order valence-corrected chi connectivity index (χ3v) is 3.17. The molecule has 0 fully saturated rings. The van der Waals surface area contributed by atoms with Gasteiger partial charge in [-0.2, -0.15) is 4.68 Å². The third-order valence-electron chi connectivity index (χ3n) is 3.17. The number of nitrogens with one attached hydrogen (secondary N) is 1. The molecule has 3 N–H and O–H groups in total. The lowest BCUT2D eigenvalue weighted by Crippen LogP contribution is -2.49. The Morgan fingerprint density at radius 2 is 2.21 bits per heavy atom. The SMILES string of the molecule is CCC(N)(CC)CNC(=O)Cn1ccc([N+](=O)[O-])n1. The Morgan fingerprint density at radius 3 is 2.68 bits per heavy atom. The molecule has 1 amide bonds. The Balaban J connectivity index is 2.49. The third kappa shape index (κ3) is 4.32. The van der Waals surface area contributed by atoms with Crippen LogP contribution in [0.25, 0.3) is 0 Å². The number of nitro groups is 1. The minimum atomic E-state index is -0.604. The molecule has 0 aliphatic rings. The molecule has 1 heterocycles. The summed E-state index contributed by atoms with van der Waals surface area (Å²) >= 11 is 0. The minimum Gasteiger partial charge on any atom is -0.358 e. The highest BCUT2D eigenvalue weighted by Crippen LogP contribution is 2.09. The van der Waals surface area contributed by atoms with Crippen LogP contribution in [0.3, 0.4) is 0 Å². The molecule has 0 aliphatic heterocycles. The lowest BCUT2D eigenvalue weighted by molar-refractivity contribution is -0.389. The van der Waals surface area contributed by atoms with Crippen molar-refractivity contribution in [3.05, 3.63) is 22.4 Å². The Hall–Kier alpha value is -1.96. The number of nitrogens with zero attached hydrogens (tertiary/aromatic N) is 3. The molecule has 1 aromatic rings. The molecule has 0 unspecified atom stereocenters. The number of hydrogen-bond donors (Lipinski definition) is 2. The largest absolute Gasteiger partial charge is 0.389 e. The zero-order chi connectivity index (χ0) is 14.5. The van der Waals surface area contributed by atoms with Crippen LogP contribution >= 0.6 is 0 Å². The normalized spacial score (nSPS) is 11.3. The highest BCUT2D eigenvalue weighted by Gasteiger charge is 2.21. The predicted molar refractivity (Wildman–Crippen MR) is 69.4 cm³/mol. The van der Waals surface area contributed by atoms with Crippen LogP contribution in [0.1, 0.15) is 26.7 Å². The van der Waals surface area contributed by atoms with Gasteiger partial charge in [0.2, 0.25) is 5.91 Å². The lowest BCUT2D eigenvalue weighted by atomic mass is 9.94. The van der Waals surface area contributed by atoms with Crippen molar-refractivity contribution >= 4 is 11.7 Å². The molecule has 0 atom stereocenters. The van der Waals surface area contributed by atoms with E-state index in [9.17, 15) is 14.9 Å². The molecule has 0 aromatic carbocycles. The number of hydrogen-bond acceptors (Lipinski definition) is 5. The second-order valence-corrected chi connectivity index (χ2v) is 4.47. The van der Waals surface area contributed by atoms with E-state index in [4.69, 9.17) is 5.73 Å². The molecule has 1 rings (SSSR count). The molecule has 0 aliphatic carbocycles. The zero-order valence-corrected chi connectivity index (χ0v) is 11.1. The van der Waals surface area contributed by atoms with Crippen LogP contribution in [0.15, 0.2) is 12.3 Å². The predicted octanol–water partition coefficient (Wildman–Crippen LogP) is 0.425. The summed E-state index contributed by atoms with van der Waals surface area (Å²) in [6.07, 6.45) is 2.92. The van der Waals surface area contributed by atoms with Gasteiger partial charge in [0.1, 0.15) is 6.54 Å². The summed E-state index contributed by atoms with van der Waals surface area (Å²) in [4.78, 5) is 21.5. The molecular formula is C11H19N5O3. The van der Waals surface area contributed by atoms with Crippen LogP contribution in [0.2, 0.25) is 0 Å². The van der Waals surface area contributed by atoms with Crippen LogP contribution in [-0.2, 0) is 11.3 Å². The Bertz CT molecular complexity index is 453. The topological polar surface area (TPSA) is 116 Å². The number of rotatable bonds is 7. The maximum Gasteiger partial charge on any atom is 0.389 e. The lowest BCUT2D eigenvalue weighted by Gasteiger charge is -2.26. The smallest absolute Gasteiger partial charge is 0.358 e. The molecule has 0 spiro atoms. The molecule has 1 aromatic heterocycles. The minimum absolute atomic E-state index is 0.0582. The van der Waals surface area contributed by atoms with Crippen LogP contribution in [-0.4, -0.2) is 32.7 Å². The molecule has 8 heteroatoms. The fraction of sp³-hybridized carbons (Fsp3) is 0.636. The van der Waals surface area contributed by atoms with Gasteiger partial charge in [-0.25, -0.2) is 0 Å². The number of carbonyl (C=O) groups is 1. The Labute approximate surface area is 111 Å². The fourth-order valence-corrected chi connectivity index (χ4v) is 1.51. The van der Waals surface area contributed by atoms with Crippen molar-refractivity contribution in [2.75, 3.05) is 6.54 Å². The van der Waals surface area contributed by atoms with Gasteiger partial charge in [-0.05, 0) is 17.8 Å². The average molecular weight is 269 g/mol. The van der Waals surface area contributed by atoms with Crippen LogP contribution in [0, 0.1) is 10.1 Å². The highest BCUT2D eigenvalue weighted by molar-refractivity contribution is 5.75. The van der Waals surface area contributed by atoms with Gasteiger partial charge in [-0.3, -0.25) is 4.79 Å². The summed E-state index contributed by atoms with van der Waals surface area (Å²) in [5.41, 5.74) is 5.64. The van der Waals surface area contributed by atoms with E-state index in [1.807, 2.05) is 13.8 Å². The summed E-state index contributed by atoms with van der Waals surface area (Å²) in [5, 5.41) is 16.8. The van der Waals surface area contributed by atoms with Gasteiger partial charge in [0, 0.05) is 12.1 Å². The first-order valence-electron chi connectivity index (χ1n) is 6.13. The van der Waals surface area contributed by atoms with E-state index in [1.165, 1.54) is 16.9 Å². The zero-order valence-electron chi connectivity index (χ0n) is 11.1. The number of nitrogens with two attached hydrogens (primary N) is 1. The van der Waals surface area contributed by atoms with Crippen molar-refractivity contribution in [3.63, 3.8) is 0 Å². The van der Waals surface area contributed by atoms with Crippen molar-refractivity contribution in [1.29, 1.82) is 0 Å². The first kappa shape index (κ1) is 15.1. The Morgan fingerprint density at radius 1 is 1.58 bits per heavy atom. The van der Waals surface area contributed by atoms with Crippen molar-refractivity contribution < 1.29 is 9.72 Å². The van der Waals surface area contributed by atoms with Crippen LogP contribution in [0.4, 0.5) is 5.82 Å². The van der Waals surface area contributed by atoms with Gasteiger partial charge in [0.25, 0.3) is 0 Å². The fourth-order valence-electron chi connectivity index (χ4n) is 1.51. The number of carbonyl (C=O) groups excluding carboxylic acids is 1. The standard InChI is InChI=1S/C11H19N5O3/c1-3-11(12,4-2)8-13-10(17)7-15-6-5-9(14-15)16(18)19/h5-6H,3-4,7-8,12H2,1-2H3,(H,13,17). The summed E-state index contributed by atoms with van der Waals surface area (Å²) in [5.74, 6) is -0.544. The molecule has 0 saturated heterocycles. The van der Waals surface area contributed by atoms with Crippen molar-refractivity contribution in [2.24, 2.45) is 5.73 Å². The van der Waals surface area contributed by atoms with E-state index in [0.717, 1.165) is 12.8 Å². The Kier molecular flexibility index (Phi) is 4.99. The average Bonchev–Trinajstić information content (AvgIpc) is 2.84. The van der Waals surface area contributed by atoms with Gasteiger partial charge >= 0.3 is 5.82 Å². The molecular weight excluding hydrogens is 250 g/mol. The van der Waals surface area contributed by atoms with Gasteiger partial charge in [-0.1, -0.05) is 13.8 Å².